The first-order valence-corrected chi connectivity index (χ1v) is 12.1. The van der Waals surface area contributed by atoms with Gasteiger partial charge in [0.1, 0.15) is 18.2 Å². The van der Waals surface area contributed by atoms with Gasteiger partial charge in [0.15, 0.2) is 11.5 Å². The molecule has 0 spiro atoms. The van der Waals surface area contributed by atoms with Crippen molar-refractivity contribution in [2.75, 3.05) is 26.9 Å². The van der Waals surface area contributed by atoms with Gasteiger partial charge in [0.2, 0.25) is 0 Å². The van der Waals surface area contributed by atoms with Crippen LogP contribution in [0.15, 0.2) is 53.1 Å². The maximum Gasteiger partial charge on any atom is 0.271 e. The molecule has 1 aliphatic heterocycles. The smallest absolute Gasteiger partial charge is 0.271 e. The first-order valence-electron chi connectivity index (χ1n) is 11.3. The number of carbonyl (C=O) groups excluding carboxylic acids is 2. The third-order valence-corrected chi connectivity index (χ3v) is 6.18. The van der Waals surface area contributed by atoms with Crippen LogP contribution >= 0.6 is 23.2 Å². The normalized spacial score (nSPS) is 14.9. The van der Waals surface area contributed by atoms with Crippen LogP contribution in [0, 0.1) is 11.3 Å². The van der Waals surface area contributed by atoms with Crippen molar-refractivity contribution in [3.05, 3.63) is 74.3 Å². The molecule has 0 aromatic heterocycles. The molecule has 0 aliphatic carbocycles. The highest BCUT2D eigenvalue weighted by molar-refractivity contribution is 6.35. The van der Waals surface area contributed by atoms with Crippen LogP contribution in [-0.4, -0.2) is 43.6 Å². The molecule has 2 amide bonds. The number of rotatable bonds is 10. The van der Waals surface area contributed by atoms with Gasteiger partial charge in [0, 0.05) is 40.9 Å². The Balaban J connectivity index is 1.87. The molecule has 0 fully saturated rings. The molecule has 0 saturated carbocycles. The summed E-state index contributed by atoms with van der Waals surface area (Å²) in [7, 11) is 1.51. The van der Waals surface area contributed by atoms with Gasteiger partial charge in [-0.15, -0.1) is 0 Å². The van der Waals surface area contributed by atoms with Gasteiger partial charge < -0.3 is 14.2 Å². The van der Waals surface area contributed by atoms with Crippen molar-refractivity contribution in [1.82, 2.24) is 4.90 Å². The quantitative estimate of drug-likeness (QED) is 0.226. The van der Waals surface area contributed by atoms with E-state index in [4.69, 9.17) is 37.4 Å². The van der Waals surface area contributed by atoms with E-state index in [1.165, 1.54) is 7.11 Å². The standard InChI is InChI=1S/C27H26Cl2N2O5/c1-4-35-11-5-10-31-26(32)21(17(2)22(15-30)27(31)33)12-18-6-9-24(25(13-18)34-3)36-16-19-7-8-20(28)14-23(19)29/h6-9,12-14H,4-5,10-11,16H2,1-3H3/b21-12+. The molecular weight excluding hydrogens is 503 g/mol. The van der Waals surface area contributed by atoms with Gasteiger partial charge in [-0.05, 0) is 61.7 Å². The SMILES string of the molecule is CCOCCCN1C(=O)C(C#N)=C(C)/C(=C\c2ccc(OCc3ccc(Cl)cc3Cl)c(OC)c2)C1=O. The summed E-state index contributed by atoms with van der Waals surface area (Å²) >= 11 is 12.2. The summed E-state index contributed by atoms with van der Waals surface area (Å²) in [4.78, 5) is 27.0. The number of ether oxygens (including phenoxy) is 3. The molecule has 0 unspecified atom stereocenters. The van der Waals surface area contributed by atoms with E-state index in [0.717, 1.165) is 10.5 Å². The number of methoxy groups -OCH3 is 1. The Morgan fingerprint density at radius 1 is 1.08 bits per heavy atom. The second kappa shape index (κ2) is 12.6. The highest BCUT2D eigenvalue weighted by Crippen LogP contribution is 2.33. The van der Waals surface area contributed by atoms with E-state index in [2.05, 4.69) is 0 Å². The van der Waals surface area contributed by atoms with E-state index in [-0.39, 0.29) is 24.3 Å². The monoisotopic (exact) mass is 528 g/mol. The van der Waals surface area contributed by atoms with Crippen molar-refractivity contribution in [3.8, 4) is 17.6 Å². The predicted octanol–water partition coefficient (Wildman–Crippen LogP) is 5.60. The van der Waals surface area contributed by atoms with E-state index in [0.29, 0.717) is 52.3 Å². The van der Waals surface area contributed by atoms with E-state index >= 15 is 0 Å². The van der Waals surface area contributed by atoms with Crippen LogP contribution in [0.4, 0.5) is 0 Å². The first kappa shape index (κ1) is 27.3. The number of carbonyl (C=O) groups is 2. The Morgan fingerprint density at radius 3 is 2.53 bits per heavy atom. The Morgan fingerprint density at radius 2 is 1.86 bits per heavy atom. The molecule has 0 N–H and O–H groups in total. The van der Waals surface area contributed by atoms with Gasteiger partial charge in [-0.2, -0.15) is 5.26 Å². The van der Waals surface area contributed by atoms with Crippen LogP contribution in [0.25, 0.3) is 6.08 Å². The Bertz CT molecular complexity index is 1260. The maximum absolute atomic E-state index is 13.2. The van der Waals surface area contributed by atoms with Crippen LogP contribution in [-0.2, 0) is 20.9 Å². The Kier molecular flexibility index (Phi) is 9.54. The summed E-state index contributed by atoms with van der Waals surface area (Å²) in [6, 6.07) is 12.3. The summed E-state index contributed by atoms with van der Waals surface area (Å²) in [6.45, 7) is 4.80. The van der Waals surface area contributed by atoms with Gasteiger partial charge in [0.05, 0.1) is 7.11 Å². The second-order valence-electron chi connectivity index (χ2n) is 7.92. The van der Waals surface area contributed by atoms with Crippen LogP contribution in [0.5, 0.6) is 11.5 Å². The van der Waals surface area contributed by atoms with Crippen molar-refractivity contribution in [2.24, 2.45) is 0 Å². The van der Waals surface area contributed by atoms with Crippen molar-refractivity contribution in [2.45, 2.75) is 26.9 Å². The molecule has 9 heteroatoms. The van der Waals surface area contributed by atoms with Gasteiger partial charge in [0.25, 0.3) is 11.8 Å². The summed E-state index contributed by atoms with van der Waals surface area (Å²) in [5.74, 6) is -0.108. The molecule has 3 rings (SSSR count). The molecule has 0 saturated heterocycles. The number of amides is 2. The minimum absolute atomic E-state index is 0.0518. The maximum atomic E-state index is 13.2. The zero-order valence-corrected chi connectivity index (χ0v) is 21.8. The Hall–Kier alpha value is -3.31. The molecule has 0 atom stereocenters. The highest BCUT2D eigenvalue weighted by atomic mass is 35.5. The van der Waals surface area contributed by atoms with E-state index in [1.807, 2.05) is 13.0 Å². The third-order valence-electron chi connectivity index (χ3n) is 5.60. The minimum atomic E-state index is -0.587. The molecule has 2 aromatic carbocycles. The molecule has 7 nitrogen and oxygen atoms in total. The van der Waals surface area contributed by atoms with Crippen molar-refractivity contribution in [1.29, 1.82) is 5.26 Å². The number of benzene rings is 2. The zero-order chi connectivity index (χ0) is 26.2. The van der Waals surface area contributed by atoms with E-state index in [9.17, 15) is 14.9 Å². The average Bonchev–Trinajstić information content (AvgIpc) is 2.86. The predicted molar refractivity (Wildman–Crippen MR) is 138 cm³/mol. The number of nitriles is 1. The lowest BCUT2D eigenvalue weighted by Gasteiger charge is -2.27. The van der Waals surface area contributed by atoms with Crippen LogP contribution in [0.1, 0.15) is 31.4 Å². The second-order valence-corrected chi connectivity index (χ2v) is 8.76. The fraction of sp³-hybridized carbons (Fsp3) is 0.296. The summed E-state index contributed by atoms with van der Waals surface area (Å²) in [6.07, 6.45) is 2.12. The van der Waals surface area contributed by atoms with Gasteiger partial charge in [-0.1, -0.05) is 35.3 Å². The first-order chi connectivity index (χ1) is 17.3. The third kappa shape index (κ3) is 6.27. The fourth-order valence-corrected chi connectivity index (χ4v) is 4.12. The molecule has 188 valence electrons. The largest absolute Gasteiger partial charge is 0.493 e. The van der Waals surface area contributed by atoms with Crippen molar-refractivity contribution < 1.29 is 23.8 Å². The van der Waals surface area contributed by atoms with Gasteiger partial charge in [-0.25, -0.2) is 0 Å². The van der Waals surface area contributed by atoms with Gasteiger partial charge in [-0.3, -0.25) is 14.5 Å². The average molecular weight is 529 g/mol. The lowest BCUT2D eigenvalue weighted by molar-refractivity contribution is -0.140. The van der Waals surface area contributed by atoms with Crippen molar-refractivity contribution >= 4 is 41.1 Å². The topological polar surface area (TPSA) is 88.9 Å². The fourth-order valence-electron chi connectivity index (χ4n) is 3.66. The van der Waals surface area contributed by atoms with Crippen LogP contribution < -0.4 is 9.47 Å². The zero-order valence-electron chi connectivity index (χ0n) is 20.3. The number of imide groups is 1. The summed E-state index contributed by atoms with van der Waals surface area (Å²) < 4.78 is 16.7. The lowest BCUT2D eigenvalue weighted by atomic mass is 9.93. The lowest BCUT2D eigenvalue weighted by Crippen LogP contribution is -2.43. The molecule has 36 heavy (non-hydrogen) atoms. The van der Waals surface area contributed by atoms with Gasteiger partial charge >= 0.3 is 0 Å². The number of nitrogens with zero attached hydrogens (tertiary/aromatic N) is 2. The summed E-state index contributed by atoms with van der Waals surface area (Å²) in [5.41, 5.74) is 1.97. The molecule has 0 bridgehead atoms. The molecule has 0 radical (unpaired) electrons. The number of hydrogen-bond acceptors (Lipinski definition) is 6. The minimum Gasteiger partial charge on any atom is -0.493 e. The summed E-state index contributed by atoms with van der Waals surface area (Å²) in [5, 5.41) is 10.6. The number of hydrogen-bond donors (Lipinski definition) is 0. The molecule has 1 heterocycles. The molecule has 1 aliphatic rings. The molecular formula is C27H26Cl2N2O5. The highest BCUT2D eigenvalue weighted by Gasteiger charge is 2.35. The van der Waals surface area contributed by atoms with Crippen molar-refractivity contribution in [3.63, 3.8) is 0 Å². The van der Waals surface area contributed by atoms with Crippen LogP contribution in [0.3, 0.4) is 0 Å². The van der Waals surface area contributed by atoms with Crippen LogP contribution in [0.2, 0.25) is 10.0 Å². The Labute approximate surface area is 220 Å². The van der Waals surface area contributed by atoms with E-state index < -0.39 is 11.8 Å². The van der Waals surface area contributed by atoms with E-state index in [1.54, 1.807) is 49.4 Å². The molecule has 2 aromatic rings. The number of halogens is 2.